The van der Waals surface area contributed by atoms with Gasteiger partial charge in [-0.15, -0.1) is 0 Å². The number of carboxylic acid groups (broad SMARTS) is 1. The molecular formula is C28H28N2O5. The van der Waals surface area contributed by atoms with Crippen LogP contribution in [0.3, 0.4) is 0 Å². The maximum absolute atomic E-state index is 13.0. The first-order chi connectivity index (χ1) is 16.9. The Balaban J connectivity index is 1.45. The van der Waals surface area contributed by atoms with Crippen molar-refractivity contribution in [3.8, 4) is 11.1 Å². The fourth-order valence-corrected chi connectivity index (χ4v) is 4.55. The standard InChI is InChI=1S/C28H28N2O5/c1-3-30(16-15-26(31)32)27(33)19-13-8-14-25(18(19)2)29-28(34)35-17-24-22-11-6-4-9-20(22)21-10-5-7-12-23(21)24/h4-14,24H,3,15-17H2,1-2H3,(H,29,34)(H,31,32). The van der Waals surface area contributed by atoms with Crippen LogP contribution in [0.4, 0.5) is 10.5 Å². The number of hydrogen-bond acceptors (Lipinski definition) is 4. The average molecular weight is 473 g/mol. The van der Waals surface area contributed by atoms with Gasteiger partial charge >= 0.3 is 12.1 Å². The number of nitrogens with zero attached hydrogens (tertiary/aromatic N) is 1. The highest BCUT2D eigenvalue weighted by Crippen LogP contribution is 2.44. The highest BCUT2D eigenvalue weighted by molar-refractivity contribution is 5.98. The molecule has 0 unspecified atom stereocenters. The predicted octanol–water partition coefficient (Wildman–Crippen LogP) is 5.29. The molecule has 0 aliphatic heterocycles. The van der Waals surface area contributed by atoms with Crippen LogP contribution in [-0.2, 0) is 9.53 Å². The van der Waals surface area contributed by atoms with E-state index in [4.69, 9.17) is 9.84 Å². The monoisotopic (exact) mass is 472 g/mol. The molecule has 0 heterocycles. The van der Waals surface area contributed by atoms with E-state index in [0.29, 0.717) is 23.4 Å². The van der Waals surface area contributed by atoms with E-state index in [2.05, 4.69) is 29.6 Å². The summed E-state index contributed by atoms with van der Waals surface area (Å²) in [5.41, 5.74) is 6.05. The molecule has 7 nitrogen and oxygen atoms in total. The van der Waals surface area contributed by atoms with E-state index < -0.39 is 12.1 Å². The minimum absolute atomic E-state index is 0.0468. The topological polar surface area (TPSA) is 95.9 Å². The molecule has 0 bridgehead atoms. The first-order valence-electron chi connectivity index (χ1n) is 11.6. The molecule has 0 aromatic heterocycles. The number of carbonyl (C=O) groups excluding carboxylic acids is 2. The molecule has 0 spiro atoms. The first-order valence-corrected chi connectivity index (χ1v) is 11.6. The second-order valence-corrected chi connectivity index (χ2v) is 8.46. The van der Waals surface area contributed by atoms with Gasteiger partial charge in [0.1, 0.15) is 6.61 Å². The number of amides is 2. The third kappa shape index (κ3) is 5.04. The van der Waals surface area contributed by atoms with Gasteiger partial charge in [-0.25, -0.2) is 4.79 Å². The summed E-state index contributed by atoms with van der Waals surface area (Å²) in [6.07, 6.45) is -0.728. The van der Waals surface area contributed by atoms with E-state index in [1.807, 2.05) is 24.3 Å². The Kier molecular flexibility index (Phi) is 7.15. The Morgan fingerprint density at radius 2 is 1.57 bits per heavy atom. The number of fused-ring (bicyclic) bond motifs is 3. The lowest BCUT2D eigenvalue weighted by Crippen LogP contribution is -2.33. The van der Waals surface area contributed by atoms with E-state index in [0.717, 1.165) is 22.3 Å². The zero-order valence-electron chi connectivity index (χ0n) is 19.8. The summed E-state index contributed by atoms with van der Waals surface area (Å²) in [5.74, 6) is -1.28. The van der Waals surface area contributed by atoms with Crippen LogP contribution in [0.25, 0.3) is 11.1 Å². The van der Waals surface area contributed by atoms with Gasteiger partial charge in [0, 0.05) is 30.3 Å². The van der Waals surface area contributed by atoms with Gasteiger partial charge in [0.15, 0.2) is 0 Å². The molecule has 35 heavy (non-hydrogen) atoms. The number of aliphatic carboxylic acids is 1. The summed E-state index contributed by atoms with van der Waals surface area (Å²) in [5, 5.41) is 11.7. The minimum Gasteiger partial charge on any atom is -0.481 e. The second kappa shape index (κ2) is 10.4. The van der Waals surface area contributed by atoms with E-state index in [9.17, 15) is 14.4 Å². The van der Waals surface area contributed by atoms with E-state index >= 15 is 0 Å². The van der Waals surface area contributed by atoms with Gasteiger partial charge in [0.05, 0.1) is 6.42 Å². The number of benzene rings is 3. The third-order valence-electron chi connectivity index (χ3n) is 6.41. The molecular weight excluding hydrogens is 444 g/mol. The Labute approximate surface area is 204 Å². The number of anilines is 1. The lowest BCUT2D eigenvalue weighted by atomic mass is 9.98. The fraction of sp³-hybridized carbons (Fsp3) is 0.250. The molecule has 2 N–H and O–H groups in total. The minimum atomic E-state index is -0.960. The van der Waals surface area contributed by atoms with Crippen molar-refractivity contribution in [2.75, 3.05) is 25.0 Å². The van der Waals surface area contributed by atoms with Crippen LogP contribution in [0.1, 0.15) is 46.3 Å². The van der Waals surface area contributed by atoms with Crippen LogP contribution in [0.5, 0.6) is 0 Å². The van der Waals surface area contributed by atoms with Gasteiger partial charge in [-0.05, 0) is 53.8 Å². The van der Waals surface area contributed by atoms with E-state index in [1.165, 1.54) is 4.90 Å². The molecule has 3 aromatic rings. The van der Waals surface area contributed by atoms with E-state index in [1.54, 1.807) is 32.0 Å². The number of rotatable bonds is 8. The zero-order valence-corrected chi connectivity index (χ0v) is 19.8. The first kappa shape index (κ1) is 24.0. The highest BCUT2D eigenvalue weighted by atomic mass is 16.5. The summed E-state index contributed by atoms with van der Waals surface area (Å²) in [6.45, 7) is 4.24. The Bertz CT molecular complexity index is 1220. The molecule has 0 radical (unpaired) electrons. The van der Waals surface area contributed by atoms with E-state index in [-0.39, 0.29) is 31.4 Å². The summed E-state index contributed by atoms with van der Waals surface area (Å²) >= 11 is 0. The van der Waals surface area contributed by atoms with Crippen LogP contribution < -0.4 is 5.32 Å². The van der Waals surface area contributed by atoms with Crippen molar-refractivity contribution in [1.82, 2.24) is 4.90 Å². The maximum Gasteiger partial charge on any atom is 0.411 e. The summed E-state index contributed by atoms with van der Waals surface area (Å²) in [7, 11) is 0. The smallest absolute Gasteiger partial charge is 0.411 e. The van der Waals surface area contributed by atoms with Gasteiger partial charge in [-0.3, -0.25) is 14.9 Å². The second-order valence-electron chi connectivity index (χ2n) is 8.46. The van der Waals surface area contributed by atoms with Crippen molar-refractivity contribution in [2.45, 2.75) is 26.2 Å². The van der Waals surface area contributed by atoms with Crippen molar-refractivity contribution in [3.05, 3.63) is 89.0 Å². The van der Waals surface area contributed by atoms with Gasteiger partial charge < -0.3 is 14.7 Å². The Hall–Kier alpha value is -4.13. The molecule has 0 saturated heterocycles. The van der Waals surface area contributed by atoms with Crippen LogP contribution >= 0.6 is 0 Å². The van der Waals surface area contributed by atoms with Crippen molar-refractivity contribution >= 4 is 23.7 Å². The molecule has 3 aromatic carbocycles. The van der Waals surface area contributed by atoms with Gasteiger partial charge in [0.25, 0.3) is 5.91 Å². The molecule has 2 amide bonds. The van der Waals surface area contributed by atoms with Crippen molar-refractivity contribution < 1.29 is 24.2 Å². The van der Waals surface area contributed by atoms with Crippen LogP contribution in [0, 0.1) is 6.92 Å². The van der Waals surface area contributed by atoms with Crippen molar-refractivity contribution in [2.24, 2.45) is 0 Å². The van der Waals surface area contributed by atoms with Crippen molar-refractivity contribution in [3.63, 3.8) is 0 Å². The lowest BCUT2D eigenvalue weighted by Gasteiger charge is -2.22. The van der Waals surface area contributed by atoms with Gasteiger partial charge in [-0.1, -0.05) is 54.6 Å². The summed E-state index contributed by atoms with van der Waals surface area (Å²) in [4.78, 5) is 38.1. The lowest BCUT2D eigenvalue weighted by molar-refractivity contribution is -0.137. The molecule has 180 valence electrons. The summed E-state index contributed by atoms with van der Waals surface area (Å²) in [6, 6.07) is 21.3. The fourth-order valence-electron chi connectivity index (χ4n) is 4.55. The largest absolute Gasteiger partial charge is 0.481 e. The predicted molar refractivity (Wildman–Crippen MR) is 134 cm³/mol. The molecule has 1 aliphatic carbocycles. The van der Waals surface area contributed by atoms with Crippen molar-refractivity contribution in [1.29, 1.82) is 0 Å². The van der Waals surface area contributed by atoms with Crippen LogP contribution in [-0.4, -0.2) is 47.7 Å². The number of carboxylic acids is 1. The highest BCUT2D eigenvalue weighted by Gasteiger charge is 2.29. The average Bonchev–Trinajstić information content (AvgIpc) is 3.18. The number of carbonyl (C=O) groups is 3. The SMILES string of the molecule is CCN(CCC(=O)O)C(=O)c1cccc(NC(=O)OCC2c3ccccc3-c3ccccc32)c1C. The van der Waals surface area contributed by atoms with Crippen LogP contribution in [0.15, 0.2) is 66.7 Å². The molecule has 4 rings (SSSR count). The Morgan fingerprint density at radius 1 is 0.943 bits per heavy atom. The molecule has 1 aliphatic rings. The zero-order chi connectivity index (χ0) is 24.9. The maximum atomic E-state index is 13.0. The number of ether oxygens (including phenoxy) is 1. The summed E-state index contributed by atoms with van der Waals surface area (Å²) < 4.78 is 5.62. The quantitative estimate of drug-likeness (QED) is 0.464. The van der Waals surface area contributed by atoms with Gasteiger partial charge in [-0.2, -0.15) is 0 Å². The molecule has 0 atom stereocenters. The number of hydrogen-bond donors (Lipinski definition) is 2. The normalized spacial score (nSPS) is 11.9. The van der Waals surface area contributed by atoms with Crippen LogP contribution in [0.2, 0.25) is 0 Å². The third-order valence-corrected chi connectivity index (χ3v) is 6.41. The number of nitrogens with one attached hydrogen (secondary N) is 1. The Morgan fingerprint density at radius 3 is 2.17 bits per heavy atom. The molecule has 0 fully saturated rings. The van der Waals surface area contributed by atoms with Gasteiger partial charge in [0.2, 0.25) is 0 Å². The molecule has 7 heteroatoms. The molecule has 0 saturated carbocycles.